The Morgan fingerprint density at radius 1 is 1.46 bits per heavy atom. The van der Waals surface area contributed by atoms with E-state index in [0.29, 0.717) is 12.8 Å². The Morgan fingerprint density at radius 3 is 2.54 bits per heavy atom. The van der Waals surface area contributed by atoms with Gasteiger partial charge in [-0.05, 0) is 19.8 Å². The van der Waals surface area contributed by atoms with E-state index >= 15 is 0 Å². The summed E-state index contributed by atoms with van der Waals surface area (Å²) in [6.45, 7) is 3.66. The molecular formula is C9H15NO3. The summed E-state index contributed by atoms with van der Waals surface area (Å²) >= 11 is 0. The number of aliphatic carboxylic acids is 1. The standard InChI is InChI=1S/C9H15NO3/c1-3-8(11)10-6(2)4-5-7(10)9(12)13/h6-7H,3-5H2,1-2H3,(H,12,13). The fourth-order valence-electron chi connectivity index (χ4n) is 1.83. The summed E-state index contributed by atoms with van der Waals surface area (Å²) in [5, 5.41) is 8.85. The largest absolute Gasteiger partial charge is 0.480 e. The van der Waals surface area contributed by atoms with E-state index in [1.54, 1.807) is 6.92 Å². The summed E-state index contributed by atoms with van der Waals surface area (Å²) in [6.07, 6.45) is 1.76. The van der Waals surface area contributed by atoms with E-state index in [4.69, 9.17) is 5.11 Å². The molecule has 0 aliphatic carbocycles. The lowest BCUT2D eigenvalue weighted by molar-refractivity contribution is -0.149. The summed E-state index contributed by atoms with van der Waals surface area (Å²) in [5.41, 5.74) is 0. The summed E-state index contributed by atoms with van der Waals surface area (Å²) in [5.74, 6) is -0.941. The van der Waals surface area contributed by atoms with Gasteiger partial charge >= 0.3 is 5.97 Å². The van der Waals surface area contributed by atoms with Crippen molar-refractivity contribution in [1.29, 1.82) is 0 Å². The third-order valence-corrected chi connectivity index (χ3v) is 2.54. The maximum Gasteiger partial charge on any atom is 0.326 e. The molecule has 1 rings (SSSR count). The zero-order valence-electron chi connectivity index (χ0n) is 7.99. The van der Waals surface area contributed by atoms with Gasteiger partial charge in [-0.3, -0.25) is 4.79 Å². The van der Waals surface area contributed by atoms with Gasteiger partial charge in [0.15, 0.2) is 0 Å². The number of carbonyl (C=O) groups is 2. The molecule has 0 radical (unpaired) electrons. The number of carbonyl (C=O) groups excluding carboxylic acids is 1. The number of nitrogens with zero attached hydrogens (tertiary/aromatic N) is 1. The normalized spacial score (nSPS) is 27.7. The monoisotopic (exact) mass is 185 g/mol. The summed E-state index contributed by atoms with van der Waals surface area (Å²) in [6, 6.07) is -0.518. The van der Waals surface area contributed by atoms with Crippen molar-refractivity contribution in [2.45, 2.75) is 45.2 Å². The maximum absolute atomic E-state index is 11.4. The fourth-order valence-corrected chi connectivity index (χ4v) is 1.83. The van der Waals surface area contributed by atoms with Gasteiger partial charge in [-0.15, -0.1) is 0 Å². The van der Waals surface area contributed by atoms with E-state index in [2.05, 4.69) is 0 Å². The van der Waals surface area contributed by atoms with Crippen molar-refractivity contribution in [3.63, 3.8) is 0 Å². The zero-order valence-corrected chi connectivity index (χ0v) is 7.99. The molecule has 1 amide bonds. The van der Waals surface area contributed by atoms with Crippen molar-refractivity contribution >= 4 is 11.9 Å². The lowest BCUT2D eigenvalue weighted by atomic mass is 10.2. The number of hydrogen-bond donors (Lipinski definition) is 1. The van der Waals surface area contributed by atoms with Crippen LogP contribution in [0, 0.1) is 0 Å². The van der Waals surface area contributed by atoms with Crippen LogP contribution in [0.1, 0.15) is 33.1 Å². The first-order valence-corrected chi connectivity index (χ1v) is 4.62. The average Bonchev–Trinajstić information content (AvgIpc) is 2.46. The minimum atomic E-state index is -0.883. The third kappa shape index (κ3) is 1.82. The van der Waals surface area contributed by atoms with Crippen LogP contribution in [0.15, 0.2) is 0 Å². The van der Waals surface area contributed by atoms with E-state index in [9.17, 15) is 9.59 Å². The molecule has 1 aliphatic rings. The molecule has 1 N–H and O–H groups in total. The third-order valence-electron chi connectivity index (χ3n) is 2.54. The Balaban J connectivity index is 2.76. The number of carboxylic acid groups (broad SMARTS) is 1. The number of amides is 1. The van der Waals surface area contributed by atoms with E-state index < -0.39 is 12.0 Å². The topological polar surface area (TPSA) is 57.6 Å². The summed E-state index contributed by atoms with van der Waals surface area (Å²) < 4.78 is 0. The van der Waals surface area contributed by atoms with Crippen LogP contribution in [0.3, 0.4) is 0 Å². The van der Waals surface area contributed by atoms with Gasteiger partial charge in [0, 0.05) is 12.5 Å². The van der Waals surface area contributed by atoms with Gasteiger partial charge < -0.3 is 10.0 Å². The lowest BCUT2D eigenvalue weighted by Crippen LogP contribution is -2.43. The van der Waals surface area contributed by atoms with Gasteiger partial charge in [0.1, 0.15) is 6.04 Å². The molecule has 0 aromatic rings. The Hall–Kier alpha value is -1.06. The molecule has 2 atom stereocenters. The molecule has 1 aliphatic heterocycles. The molecule has 0 aromatic carbocycles. The van der Waals surface area contributed by atoms with Crippen LogP contribution in [0.2, 0.25) is 0 Å². The average molecular weight is 185 g/mol. The van der Waals surface area contributed by atoms with Gasteiger partial charge in [-0.1, -0.05) is 6.92 Å². The number of rotatable bonds is 2. The number of carboxylic acids is 1. The Labute approximate surface area is 77.5 Å². The van der Waals surface area contributed by atoms with E-state index in [0.717, 1.165) is 6.42 Å². The highest BCUT2D eigenvalue weighted by molar-refractivity contribution is 5.84. The van der Waals surface area contributed by atoms with E-state index in [1.165, 1.54) is 4.90 Å². The van der Waals surface area contributed by atoms with Gasteiger partial charge in [0.05, 0.1) is 0 Å². The summed E-state index contributed by atoms with van der Waals surface area (Å²) in [7, 11) is 0. The van der Waals surface area contributed by atoms with Gasteiger partial charge in [0.25, 0.3) is 0 Å². The van der Waals surface area contributed by atoms with Crippen molar-refractivity contribution in [3.05, 3.63) is 0 Å². The Bertz CT molecular complexity index is 227. The van der Waals surface area contributed by atoms with Crippen molar-refractivity contribution in [2.75, 3.05) is 0 Å². The highest BCUT2D eigenvalue weighted by Gasteiger charge is 2.37. The first kappa shape index (κ1) is 10.0. The van der Waals surface area contributed by atoms with Crippen LogP contribution in [0.5, 0.6) is 0 Å². The molecular weight excluding hydrogens is 170 g/mol. The molecule has 1 fully saturated rings. The Kier molecular flexibility index (Phi) is 2.90. The predicted molar refractivity (Wildman–Crippen MR) is 47.3 cm³/mol. The smallest absolute Gasteiger partial charge is 0.326 e. The molecule has 1 saturated heterocycles. The second kappa shape index (κ2) is 3.77. The second-order valence-corrected chi connectivity index (χ2v) is 3.43. The van der Waals surface area contributed by atoms with Crippen LogP contribution in [0.4, 0.5) is 0 Å². The molecule has 4 heteroatoms. The first-order chi connectivity index (χ1) is 6.07. The van der Waals surface area contributed by atoms with Crippen molar-refractivity contribution in [2.24, 2.45) is 0 Å². The minimum Gasteiger partial charge on any atom is -0.480 e. The molecule has 13 heavy (non-hydrogen) atoms. The molecule has 0 aromatic heterocycles. The second-order valence-electron chi connectivity index (χ2n) is 3.43. The highest BCUT2D eigenvalue weighted by Crippen LogP contribution is 2.24. The van der Waals surface area contributed by atoms with E-state index in [1.807, 2.05) is 6.92 Å². The first-order valence-electron chi connectivity index (χ1n) is 4.62. The van der Waals surface area contributed by atoms with Crippen molar-refractivity contribution < 1.29 is 14.7 Å². The van der Waals surface area contributed by atoms with Crippen LogP contribution in [-0.4, -0.2) is 34.0 Å². The van der Waals surface area contributed by atoms with E-state index in [-0.39, 0.29) is 11.9 Å². The van der Waals surface area contributed by atoms with Crippen LogP contribution in [-0.2, 0) is 9.59 Å². The molecule has 1 heterocycles. The van der Waals surface area contributed by atoms with Crippen molar-refractivity contribution in [3.8, 4) is 0 Å². The lowest BCUT2D eigenvalue weighted by Gasteiger charge is -2.25. The molecule has 0 spiro atoms. The molecule has 4 nitrogen and oxygen atoms in total. The fraction of sp³-hybridized carbons (Fsp3) is 0.778. The Morgan fingerprint density at radius 2 is 2.08 bits per heavy atom. The van der Waals surface area contributed by atoms with Crippen LogP contribution < -0.4 is 0 Å². The highest BCUT2D eigenvalue weighted by atomic mass is 16.4. The van der Waals surface area contributed by atoms with Crippen LogP contribution >= 0.6 is 0 Å². The molecule has 2 unspecified atom stereocenters. The minimum absolute atomic E-state index is 0.0580. The zero-order chi connectivity index (χ0) is 10.0. The van der Waals surface area contributed by atoms with Crippen molar-refractivity contribution in [1.82, 2.24) is 4.90 Å². The SMILES string of the molecule is CCC(=O)N1C(C)CCC1C(=O)O. The van der Waals surface area contributed by atoms with Gasteiger partial charge in [-0.25, -0.2) is 4.79 Å². The number of hydrogen-bond acceptors (Lipinski definition) is 2. The van der Waals surface area contributed by atoms with Crippen LogP contribution in [0.25, 0.3) is 0 Å². The predicted octanol–water partition coefficient (Wildman–Crippen LogP) is 0.861. The maximum atomic E-state index is 11.4. The summed E-state index contributed by atoms with van der Waals surface area (Å²) in [4.78, 5) is 23.7. The molecule has 0 saturated carbocycles. The molecule has 74 valence electrons. The van der Waals surface area contributed by atoms with Gasteiger partial charge in [0.2, 0.25) is 5.91 Å². The quantitative estimate of drug-likeness (QED) is 0.694. The molecule has 0 bridgehead atoms. The van der Waals surface area contributed by atoms with Gasteiger partial charge in [-0.2, -0.15) is 0 Å². The number of likely N-dealkylation sites (tertiary alicyclic amines) is 1.